The Morgan fingerprint density at radius 2 is 1.70 bits per heavy atom. The zero-order valence-corrected chi connectivity index (χ0v) is 18.8. The van der Waals surface area contributed by atoms with Crippen molar-refractivity contribution in [2.75, 3.05) is 37.5 Å². The maximum Gasteiger partial charge on any atom is 0.354 e. The van der Waals surface area contributed by atoms with Crippen molar-refractivity contribution in [1.82, 2.24) is 0 Å². The number of anilines is 2. The number of sulfone groups is 1. The fraction of sp³-hybridized carbons (Fsp3) is 0.524. The Kier molecular flexibility index (Phi) is 8.28. The number of rotatable bonds is 7. The van der Waals surface area contributed by atoms with Crippen molar-refractivity contribution in [1.29, 1.82) is 0 Å². The number of carbonyl (C=O) groups is 2. The predicted octanol–water partition coefficient (Wildman–Crippen LogP) is 2.89. The van der Waals surface area contributed by atoms with Crippen molar-refractivity contribution >= 4 is 33.2 Å². The quantitative estimate of drug-likeness (QED) is 0.512. The van der Waals surface area contributed by atoms with E-state index in [4.69, 9.17) is 4.74 Å². The average molecular weight is 439 g/mol. The van der Waals surface area contributed by atoms with Crippen molar-refractivity contribution in [3.05, 3.63) is 30.0 Å². The van der Waals surface area contributed by atoms with E-state index in [1.807, 2.05) is 0 Å². The van der Waals surface area contributed by atoms with Crippen LogP contribution in [-0.2, 0) is 28.9 Å². The maximum absolute atomic E-state index is 12.9. The third-order valence-corrected chi connectivity index (χ3v) is 7.21. The summed E-state index contributed by atoms with van der Waals surface area (Å²) in [5.41, 5.74) is 0.855. The molecule has 1 aromatic carbocycles. The highest BCUT2D eigenvalue weighted by Crippen LogP contribution is 2.32. The molecule has 0 radical (unpaired) electrons. The van der Waals surface area contributed by atoms with Gasteiger partial charge in [0.15, 0.2) is 9.84 Å². The van der Waals surface area contributed by atoms with Crippen LogP contribution in [0.4, 0.5) is 11.4 Å². The van der Waals surface area contributed by atoms with Crippen LogP contribution in [0.2, 0.25) is 0 Å². The molecule has 1 saturated heterocycles. The van der Waals surface area contributed by atoms with Gasteiger partial charge in [0.05, 0.1) is 36.1 Å². The van der Waals surface area contributed by atoms with Crippen LogP contribution in [-0.4, -0.2) is 52.9 Å². The van der Waals surface area contributed by atoms with Gasteiger partial charge in [-0.2, -0.15) is 0 Å². The van der Waals surface area contributed by atoms with Crippen LogP contribution in [0.25, 0.3) is 0 Å². The van der Waals surface area contributed by atoms with E-state index in [2.05, 4.69) is 15.0 Å². The Morgan fingerprint density at radius 3 is 2.23 bits per heavy atom. The Bertz CT molecular complexity index is 900. The number of hydrogen-bond acceptors (Lipinski definition) is 8. The molecule has 1 aliphatic rings. The molecule has 0 unspecified atom stereocenters. The molecule has 0 bridgehead atoms. The summed E-state index contributed by atoms with van der Waals surface area (Å²) in [4.78, 5) is 26.1. The lowest BCUT2D eigenvalue weighted by Crippen LogP contribution is -2.25. The first-order chi connectivity index (χ1) is 14.2. The van der Waals surface area contributed by atoms with Crippen molar-refractivity contribution in [2.45, 2.75) is 49.7 Å². The fourth-order valence-electron chi connectivity index (χ4n) is 3.22. The normalized spacial score (nSPS) is 15.5. The molecule has 1 aliphatic heterocycles. The zero-order chi connectivity index (χ0) is 22.3. The van der Waals surface area contributed by atoms with Crippen molar-refractivity contribution < 1.29 is 27.5 Å². The molecule has 1 N–H and O–H groups in total. The second kappa shape index (κ2) is 10.5. The summed E-state index contributed by atoms with van der Waals surface area (Å²) < 4.78 is 35.1. The molecule has 9 heteroatoms. The number of esters is 2. The third-order valence-electron chi connectivity index (χ3n) is 5.00. The molecule has 1 heterocycles. The Morgan fingerprint density at radius 1 is 1.07 bits per heavy atom. The van der Waals surface area contributed by atoms with Gasteiger partial charge in [0.2, 0.25) is 0 Å². The molecule has 166 valence electrons. The van der Waals surface area contributed by atoms with Gasteiger partial charge in [-0.05, 0) is 44.9 Å². The lowest BCUT2D eigenvalue weighted by molar-refractivity contribution is -0.138. The summed E-state index contributed by atoms with van der Waals surface area (Å²) in [7, 11) is -1.29. The number of nitrogens with one attached hydrogen (secondary N) is 1. The molecule has 0 atom stereocenters. The van der Waals surface area contributed by atoms with E-state index in [1.165, 1.54) is 14.2 Å². The summed E-state index contributed by atoms with van der Waals surface area (Å²) in [5.74, 6) is -1.58. The molecular weight excluding hydrogens is 408 g/mol. The second-order valence-corrected chi connectivity index (χ2v) is 9.85. The van der Waals surface area contributed by atoms with Crippen LogP contribution in [0, 0.1) is 0 Å². The summed E-state index contributed by atoms with van der Waals surface area (Å²) in [5, 5.41) is 2.14. The van der Waals surface area contributed by atoms with Crippen molar-refractivity contribution in [3.63, 3.8) is 0 Å². The first-order valence-corrected chi connectivity index (χ1v) is 11.5. The summed E-state index contributed by atoms with van der Waals surface area (Å²) in [6.07, 6.45) is 5.39. The molecule has 0 spiro atoms. The second-order valence-electron chi connectivity index (χ2n) is 7.37. The molecule has 30 heavy (non-hydrogen) atoms. The van der Waals surface area contributed by atoms with Gasteiger partial charge in [0.25, 0.3) is 0 Å². The lowest BCUT2D eigenvalue weighted by atomic mass is 10.2. The molecular formula is C21H30N2O6S. The van der Waals surface area contributed by atoms with E-state index in [9.17, 15) is 18.0 Å². The average Bonchev–Trinajstić information content (AvgIpc) is 3.01. The maximum atomic E-state index is 12.9. The van der Waals surface area contributed by atoms with Crippen LogP contribution < -0.4 is 10.2 Å². The highest BCUT2D eigenvalue weighted by atomic mass is 32.2. The lowest BCUT2D eigenvalue weighted by Gasteiger charge is -2.25. The van der Waals surface area contributed by atoms with Gasteiger partial charge in [0, 0.05) is 18.8 Å². The molecule has 0 aliphatic carbocycles. The first kappa shape index (κ1) is 23.7. The minimum absolute atomic E-state index is 0.0516. The summed E-state index contributed by atoms with van der Waals surface area (Å²) in [6, 6.07) is 5.03. The number of methoxy groups -OCH3 is 2. The van der Waals surface area contributed by atoms with Crippen LogP contribution in [0.1, 0.15) is 39.5 Å². The third kappa shape index (κ3) is 5.75. The molecule has 2 rings (SSSR count). The number of carbonyl (C=O) groups excluding carboxylic acids is 2. The van der Waals surface area contributed by atoms with Gasteiger partial charge in [-0.1, -0.05) is 12.8 Å². The van der Waals surface area contributed by atoms with E-state index in [-0.39, 0.29) is 16.3 Å². The van der Waals surface area contributed by atoms with E-state index in [1.54, 1.807) is 32.0 Å². The Hall–Kier alpha value is -2.55. The number of ether oxygens (including phenoxy) is 2. The van der Waals surface area contributed by atoms with Crippen LogP contribution in [0.5, 0.6) is 0 Å². The van der Waals surface area contributed by atoms with Crippen LogP contribution in [0.15, 0.2) is 34.9 Å². The predicted molar refractivity (Wildman–Crippen MR) is 115 cm³/mol. The van der Waals surface area contributed by atoms with Crippen LogP contribution in [0.3, 0.4) is 0 Å². The number of benzene rings is 1. The van der Waals surface area contributed by atoms with Gasteiger partial charge in [0.1, 0.15) is 5.70 Å². The van der Waals surface area contributed by atoms with Gasteiger partial charge >= 0.3 is 11.9 Å². The SMILES string of the molecule is COC(=O)/C=C(/Nc1cc(N2CCCCCC2)ccc1S(=O)(=O)C(C)C)C(=O)OC. The van der Waals surface area contributed by atoms with E-state index >= 15 is 0 Å². The standard InChI is InChI=1S/C21H30N2O6S/c1-15(2)30(26,27)19-10-9-16(23-11-7-5-6-8-12-23)13-17(19)22-18(21(25)29-4)14-20(24)28-3/h9-10,13-15,22H,5-8,11-12H2,1-4H3/b18-14+. The van der Waals surface area contributed by atoms with Gasteiger partial charge < -0.3 is 19.7 Å². The minimum atomic E-state index is -3.65. The van der Waals surface area contributed by atoms with Crippen molar-refractivity contribution in [3.8, 4) is 0 Å². The molecule has 8 nitrogen and oxygen atoms in total. The van der Waals surface area contributed by atoms with E-state index in [0.717, 1.165) is 50.5 Å². The Labute approximate surface area is 178 Å². The van der Waals surface area contributed by atoms with Gasteiger partial charge in [-0.15, -0.1) is 0 Å². The van der Waals surface area contributed by atoms with Gasteiger partial charge in [-0.3, -0.25) is 0 Å². The minimum Gasteiger partial charge on any atom is -0.466 e. The topological polar surface area (TPSA) is 102 Å². The monoisotopic (exact) mass is 438 g/mol. The smallest absolute Gasteiger partial charge is 0.354 e. The van der Waals surface area contributed by atoms with E-state index in [0.29, 0.717) is 0 Å². The van der Waals surface area contributed by atoms with E-state index < -0.39 is 27.0 Å². The van der Waals surface area contributed by atoms with Crippen molar-refractivity contribution in [2.24, 2.45) is 0 Å². The van der Waals surface area contributed by atoms with Crippen LogP contribution >= 0.6 is 0 Å². The highest BCUT2D eigenvalue weighted by Gasteiger charge is 2.25. The Balaban J connectivity index is 2.56. The number of nitrogens with zero attached hydrogens (tertiary/aromatic N) is 1. The molecule has 0 amide bonds. The first-order valence-electron chi connectivity index (χ1n) is 9.98. The molecule has 1 fully saturated rings. The highest BCUT2D eigenvalue weighted by molar-refractivity contribution is 7.92. The zero-order valence-electron chi connectivity index (χ0n) is 17.9. The summed E-state index contributed by atoms with van der Waals surface area (Å²) in [6.45, 7) is 4.93. The molecule has 0 aromatic heterocycles. The number of hydrogen-bond donors (Lipinski definition) is 1. The largest absolute Gasteiger partial charge is 0.466 e. The molecule has 0 saturated carbocycles. The fourth-order valence-corrected chi connectivity index (χ4v) is 4.40. The molecule has 1 aromatic rings. The summed E-state index contributed by atoms with van der Waals surface area (Å²) >= 11 is 0. The van der Waals surface area contributed by atoms with Gasteiger partial charge in [-0.25, -0.2) is 18.0 Å².